The average molecular weight is 246 g/mol. The lowest BCUT2D eigenvalue weighted by Crippen LogP contribution is -2.49. The Hall–Kier alpha value is -1.09. The molecule has 0 radical (unpaired) electrons. The number of hydrogen-bond donors (Lipinski definition) is 0. The van der Waals surface area contributed by atoms with Crippen molar-refractivity contribution in [3.63, 3.8) is 0 Å². The molecule has 2 saturated heterocycles. The molecule has 0 saturated carbocycles. The summed E-state index contributed by atoms with van der Waals surface area (Å²) in [6.07, 6.45) is 9.03. The van der Waals surface area contributed by atoms with Crippen molar-refractivity contribution in [2.45, 2.75) is 63.8 Å². The van der Waals surface area contributed by atoms with Crippen molar-refractivity contribution in [1.82, 2.24) is 9.88 Å². The van der Waals surface area contributed by atoms with E-state index in [4.69, 9.17) is 4.74 Å². The van der Waals surface area contributed by atoms with Crippen LogP contribution in [0.2, 0.25) is 0 Å². The smallest absolute Gasteiger partial charge is 0.122 e. The summed E-state index contributed by atoms with van der Waals surface area (Å²) in [7, 11) is 0. The van der Waals surface area contributed by atoms with E-state index in [1.807, 2.05) is 12.1 Å². The molecule has 0 spiro atoms. The van der Waals surface area contributed by atoms with Crippen molar-refractivity contribution >= 4 is 0 Å². The van der Waals surface area contributed by atoms with Crippen LogP contribution in [-0.2, 0) is 0 Å². The second-order valence-electron chi connectivity index (χ2n) is 5.82. The summed E-state index contributed by atoms with van der Waals surface area (Å²) < 4.78 is 6.10. The lowest BCUT2D eigenvalue weighted by Gasteiger charge is -2.41. The van der Waals surface area contributed by atoms with E-state index < -0.39 is 0 Å². The van der Waals surface area contributed by atoms with Gasteiger partial charge in [0.2, 0.25) is 0 Å². The first-order chi connectivity index (χ1) is 8.74. The average Bonchev–Trinajstić information content (AvgIpc) is 2.63. The Bertz CT molecular complexity index is 379. The molecule has 0 N–H and O–H groups in total. The Kier molecular flexibility index (Phi) is 3.25. The molecule has 2 bridgehead atoms. The summed E-state index contributed by atoms with van der Waals surface area (Å²) in [5.41, 5.74) is 0. The van der Waals surface area contributed by atoms with E-state index in [1.165, 1.54) is 25.7 Å². The minimum Gasteiger partial charge on any atom is -0.490 e. The number of pyridine rings is 1. The van der Waals surface area contributed by atoms with Crippen LogP contribution in [0.1, 0.15) is 39.5 Å². The van der Waals surface area contributed by atoms with Gasteiger partial charge in [0.1, 0.15) is 11.9 Å². The molecule has 1 aromatic rings. The van der Waals surface area contributed by atoms with E-state index >= 15 is 0 Å². The molecule has 2 unspecified atom stereocenters. The number of fused-ring (bicyclic) bond motifs is 2. The first-order valence-corrected chi connectivity index (χ1v) is 7.08. The quantitative estimate of drug-likeness (QED) is 0.820. The fourth-order valence-corrected chi connectivity index (χ4v) is 3.71. The summed E-state index contributed by atoms with van der Waals surface area (Å²) in [6.45, 7) is 4.63. The van der Waals surface area contributed by atoms with Crippen LogP contribution < -0.4 is 4.74 Å². The Balaban J connectivity index is 1.65. The second kappa shape index (κ2) is 4.88. The third-order valence-corrected chi connectivity index (χ3v) is 4.30. The molecule has 3 heterocycles. The van der Waals surface area contributed by atoms with Gasteiger partial charge in [0.05, 0.1) is 0 Å². The maximum absolute atomic E-state index is 6.10. The molecule has 3 heteroatoms. The highest BCUT2D eigenvalue weighted by molar-refractivity contribution is 5.17. The monoisotopic (exact) mass is 246 g/mol. The van der Waals surface area contributed by atoms with Crippen molar-refractivity contribution in [2.24, 2.45) is 0 Å². The number of aromatic nitrogens is 1. The van der Waals surface area contributed by atoms with E-state index in [1.54, 1.807) is 12.4 Å². The van der Waals surface area contributed by atoms with E-state index in [-0.39, 0.29) is 0 Å². The second-order valence-corrected chi connectivity index (χ2v) is 5.82. The van der Waals surface area contributed by atoms with Gasteiger partial charge in [0.15, 0.2) is 0 Å². The van der Waals surface area contributed by atoms with Crippen LogP contribution in [0.4, 0.5) is 0 Å². The predicted molar refractivity (Wildman–Crippen MR) is 71.7 cm³/mol. The maximum atomic E-state index is 6.10. The topological polar surface area (TPSA) is 25.4 Å². The number of piperidine rings is 1. The zero-order chi connectivity index (χ0) is 12.5. The zero-order valence-electron chi connectivity index (χ0n) is 11.2. The molecule has 1 aromatic heterocycles. The van der Waals surface area contributed by atoms with Gasteiger partial charge in [-0.1, -0.05) is 0 Å². The largest absolute Gasteiger partial charge is 0.490 e. The Morgan fingerprint density at radius 2 is 1.78 bits per heavy atom. The molecule has 3 nitrogen and oxygen atoms in total. The molecule has 0 aliphatic carbocycles. The van der Waals surface area contributed by atoms with E-state index in [9.17, 15) is 0 Å². The first-order valence-electron chi connectivity index (χ1n) is 7.08. The van der Waals surface area contributed by atoms with Crippen LogP contribution in [0.5, 0.6) is 5.75 Å². The number of rotatable bonds is 3. The summed E-state index contributed by atoms with van der Waals surface area (Å²) in [6, 6.07) is 6.04. The van der Waals surface area contributed by atoms with Crippen molar-refractivity contribution in [2.75, 3.05) is 0 Å². The molecule has 2 atom stereocenters. The third-order valence-electron chi connectivity index (χ3n) is 4.30. The van der Waals surface area contributed by atoms with Crippen LogP contribution in [0, 0.1) is 0 Å². The van der Waals surface area contributed by atoms with Crippen molar-refractivity contribution in [3.8, 4) is 5.75 Å². The minimum atomic E-state index is 0.389. The van der Waals surface area contributed by atoms with E-state index in [0.29, 0.717) is 12.1 Å². The maximum Gasteiger partial charge on any atom is 0.122 e. The van der Waals surface area contributed by atoms with Crippen molar-refractivity contribution in [1.29, 1.82) is 0 Å². The number of nitrogens with zero attached hydrogens (tertiary/aromatic N) is 2. The molecule has 2 aliphatic heterocycles. The van der Waals surface area contributed by atoms with Gasteiger partial charge in [-0.2, -0.15) is 0 Å². The minimum absolute atomic E-state index is 0.389. The summed E-state index contributed by atoms with van der Waals surface area (Å²) in [5.74, 6) is 0.965. The normalized spacial score (nSPS) is 31.8. The van der Waals surface area contributed by atoms with Crippen LogP contribution in [0.3, 0.4) is 0 Å². The number of hydrogen-bond acceptors (Lipinski definition) is 3. The van der Waals surface area contributed by atoms with Gasteiger partial charge in [-0.3, -0.25) is 9.88 Å². The SMILES string of the molecule is CC(C)N1C2CCC1CC(Oc1ccncc1)C2. The van der Waals surface area contributed by atoms with Gasteiger partial charge in [-0.15, -0.1) is 0 Å². The predicted octanol–water partition coefficient (Wildman–Crippen LogP) is 2.86. The Morgan fingerprint density at radius 3 is 2.33 bits per heavy atom. The van der Waals surface area contributed by atoms with Gasteiger partial charge in [-0.25, -0.2) is 0 Å². The van der Waals surface area contributed by atoms with Crippen LogP contribution in [0.25, 0.3) is 0 Å². The zero-order valence-corrected chi connectivity index (χ0v) is 11.2. The van der Waals surface area contributed by atoms with Gasteiger partial charge in [-0.05, 0) is 51.7 Å². The molecular formula is C15H22N2O. The van der Waals surface area contributed by atoms with Gasteiger partial charge in [0.25, 0.3) is 0 Å². The lowest BCUT2D eigenvalue weighted by atomic mass is 9.98. The summed E-state index contributed by atoms with van der Waals surface area (Å²) in [5, 5.41) is 0. The van der Waals surface area contributed by atoms with E-state index in [0.717, 1.165) is 17.8 Å². The highest BCUT2D eigenvalue weighted by Gasteiger charge is 2.42. The molecule has 3 rings (SSSR count). The first kappa shape index (κ1) is 12.0. The van der Waals surface area contributed by atoms with Gasteiger partial charge < -0.3 is 4.74 Å². The summed E-state index contributed by atoms with van der Waals surface area (Å²) >= 11 is 0. The van der Waals surface area contributed by atoms with Crippen molar-refractivity contribution in [3.05, 3.63) is 24.5 Å². The molecule has 18 heavy (non-hydrogen) atoms. The Labute approximate surface area is 109 Å². The Morgan fingerprint density at radius 1 is 1.17 bits per heavy atom. The third kappa shape index (κ3) is 2.24. The molecule has 2 fully saturated rings. The number of ether oxygens (including phenoxy) is 1. The van der Waals surface area contributed by atoms with Crippen LogP contribution >= 0.6 is 0 Å². The van der Waals surface area contributed by atoms with Crippen LogP contribution in [-0.4, -0.2) is 34.1 Å². The molecule has 0 aromatic carbocycles. The summed E-state index contributed by atoms with van der Waals surface area (Å²) in [4.78, 5) is 6.73. The van der Waals surface area contributed by atoms with Gasteiger partial charge in [0, 0.05) is 30.5 Å². The molecule has 98 valence electrons. The molecular weight excluding hydrogens is 224 g/mol. The molecule has 2 aliphatic rings. The highest BCUT2D eigenvalue weighted by Crippen LogP contribution is 2.38. The van der Waals surface area contributed by atoms with Gasteiger partial charge >= 0.3 is 0 Å². The van der Waals surface area contributed by atoms with Crippen molar-refractivity contribution < 1.29 is 4.74 Å². The van der Waals surface area contributed by atoms with E-state index in [2.05, 4.69) is 23.7 Å². The highest BCUT2D eigenvalue weighted by atomic mass is 16.5. The fraction of sp³-hybridized carbons (Fsp3) is 0.667. The van der Waals surface area contributed by atoms with Crippen LogP contribution in [0.15, 0.2) is 24.5 Å². The standard InChI is InChI=1S/C15H22N2O/c1-11(2)17-12-3-4-13(17)10-15(9-12)18-14-5-7-16-8-6-14/h5-8,11-13,15H,3-4,9-10H2,1-2H3. The molecule has 0 amide bonds. The fourth-order valence-electron chi connectivity index (χ4n) is 3.71. The lowest BCUT2D eigenvalue weighted by molar-refractivity contribution is 0.0307.